The normalized spacial score (nSPS) is 11.6. The van der Waals surface area contributed by atoms with Crippen molar-refractivity contribution in [2.45, 2.75) is 4.90 Å². The fourth-order valence-electron chi connectivity index (χ4n) is 2.11. The number of hydrogen-bond donors (Lipinski definition) is 0. The van der Waals surface area contributed by atoms with Crippen LogP contribution in [0.3, 0.4) is 0 Å². The Morgan fingerprint density at radius 3 is 2.13 bits per heavy atom. The van der Waals surface area contributed by atoms with E-state index in [4.69, 9.17) is 0 Å². The second kappa shape index (κ2) is 5.78. The smallest absolute Gasteiger partial charge is 0.175 e. The zero-order valence-electron chi connectivity index (χ0n) is 11.8. The Bertz CT molecular complexity index is 947. The van der Waals surface area contributed by atoms with Gasteiger partial charge in [-0.25, -0.2) is 17.2 Å². The SMILES string of the molecule is CS(=O)(=O)c1ccc(-c2snnc2-c2cc(F)cc(F)c2)cc1. The van der Waals surface area contributed by atoms with Crippen molar-refractivity contribution in [3.63, 3.8) is 0 Å². The molecule has 0 saturated heterocycles. The Morgan fingerprint density at radius 2 is 1.57 bits per heavy atom. The highest BCUT2D eigenvalue weighted by Gasteiger charge is 2.15. The third-order valence-corrected chi connectivity index (χ3v) is 5.07. The van der Waals surface area contributed by atoms with Gasteiger partial charge in [0.2, 0.25) is 0 Å². The van der Waals surface area contributed by atoms with E-state index in [0.29, 0.717) is 16.1 Å². The van der Waals surface area contributed by atoms with E-state index in [1.165, 1.54) is 24.3 Å². The zero-order chi connectivity index (χ0) is 16.6. The van der Waals surface area contributed by atoms with Crippen LogP contribution >= 0.6 is 11.5 Å². The summed E-state index contributed by atoms with van der Waals surface area (Å²) in [5.74, 6) is -1.40. The number of hydrogen-bond acceptors (Lipinski definition) is 5. The van der Waals surface area contributed by atoms with Crippen molar-refractivity contribution in [1.82, 2.24) is 9.59 Å². The molecule has 0 radical (unpaired) electrons. The maximum absolute atomic E-state index is 13.4. The highest BCUT2D eigenvalue weighted by atomic mass is 32.2. The Kier molecular flexibility index (Phi) is 3.95. The molecule has 1 heterocycles. The van der Waals surface area contributed by atoms with E-state index in [-0.39, 0.29) is 10.5 Å². The van der Waals surface area contributed by atoms with E-state index >= 15 is 0 Å². The quantitative estimate of drug-likeness (QED) is 0.723. The van der Waals surface area contributed by atoms with Crippen LogP contribution in [0.1, 0.15) is 0 Å². The minimum Gasteiger partial charge on any atom is -0.224 e. The fourth-order valence-corrected chi connectivity index (χ4v) is 3.43. The van der Waals surface area contributed by atoms with Gasteiger partial charge in [-0.15, -0.1) is 5.10 Å². The van der Waals surface area contributed by atoms with E-state index in [2.05, 4.69) is 9.59 Å². The Balaban J connectivity index is 2.07. The Hall–Kier alpha value is -2.19. The third kappa shape index (κ3) is 3.27. The van der Waals surface area contributed by atoms with Crippen molar-refractivity contribution in [2.24, 2.45) is 0 Å². The van der Waals surface area contributed by atoms with Crippen molar-refractivity contribution < 1.29 is 17.2 Å². The molecule has 0 saturated carbocycles. The van der Waals surface area contributed by atoms with Gasteiger partial charge >= 0.3 is 0 Å². The summed E-state index contributed by atoms with van der Waals surface area (Å²) in [6.07, 6.45) is 1.12. The standard InChI is InChI=1S/C15H10F2N2O2S2/c1-23(20,21)13-4-2-9(3-5-13)15-14(18-19-22-15)10-6-11(16)8-12(17)7-10/h2-8H,1H3. The van der Waals surface area contributed by atoms with Crippen LogP contribution in [0, 0.1) is 11.6 Å². The van der Waals surface area contributed by atoms with Crippen LogP contribution in [0.4, 0.5) is 8.78 Å². The highest BCUT2D eigenvalue weighted by Crippen LogP contribution is 2.34. The van der Waals surface area contributed by atoms with Gasteiger partial charge in [0.1, 0.15) is 17.3 Å². The molecule has 0 atom stereocenters. The summed E-state index contributed by atoms with van der Waals surface area (Å²) in [5.41, 5.74) is 1.30. The predicted octanol–water partition coefficient (Wildman–Crippen LogP) is 3.55. The average molecular weight is 352 g/mol. The van der Waals surface area contributed by atoms with Gasteiger partial charge < -0.3 is 0 Å². The number of aromatic nitrogens is 2. The van der Waals surface area contributed by atoms with Crippen LogP contribution in [0.2, 0.25) is 0 Å². The van der Waals surface area contributed by atoms with Crippen LogP contribution in [-0.2, 0) is 9.84 Å². The molecule has 3 rings (SSSR count). The zero-order valence-corrected chi connectivity index (χ0v) is 13.5. The van der Waals surface area contributed by atoms with Gasteiger partial charge in [0.05, 0.1) is 9.77 Å². The molecule has 4 nitrogen and oxygen atoms in total. The molecule has 118 valence electrons. The molecule has 0 unspecified atom stereocenters. The van der Waals surface area contributed by atoms with E-state index in [9.17, 15) is 17.2 Å². The number of halogens is 2. The maximum Gasteiger partial charge on any atom is 0.175 e. The lowest BCUT2D eigenvalue weighted by Gasteiger charge is -2.04. The average Bonchev–Trinajstić information content (AvgIpc) is 2.95. The summed E-state index contributed by atoms with van der Waals surface area (Å²) < 4.78 is 53.6. The van der Waals surface area contributed by atoms with E-state index < -0.39 is 21.5 Å². The molecule has 1 aromatic heterocycles. The summed E-state index contributed by atoms with van der Waals surface area (Å²) in [6.45, 7) is 0. The first kappa shape index (κ1) is 15.7. The van der Waals surface area contributed by atoms with Crippen molar-refractivity contribution in [3.8, 4) is 21.7 Å². The molecule has 0 fully saturated rings. The minimum atomic E-state index is -3.29. The molecule has 0 N–H and O–H groups in total. The van der Waals surface area contributed by atoms with E-state index in [0.717, 1.165) is 23.9 Å². The van der Waals surface area contributed by atoms with Gasteiger partial charge in [-0.3, -0.25) is 0 Å². The van der Waals surface area contributed by atoms with Gasteiger partial charge in [-0.1, -0.05) is 16.6 Å². The topological polar surface area (TPSA) is 59.9 Å². The molecule has 23 heavy (non-hydrogen) atoms. The van der Waals surface area contributed by atoms with E-state index in [1.807, 2.05) is 0 Å². The van der Waals surface area contributed by atoms with Crippen molar-refractivity contribution in [3.05, 3.63) is 54.1 Å². The predicted molar refractivity (Wildman–Crippen MR) is 83.8 cm³/mol. The lowest BCUT2D eigenvalue weighted by Crippen LogP contribution is -1.96. The summed E-state index contributed by atoms with van der Waals surface area (Å²) in [7, 11) is -3.29. The van der Waals surface area contributed by atoms with Gasteiger partial charge in [0.15, 0.2) is 9.84 Å². The molecule has 0 bridgehead atoms. The summed E-state index contributed by atoms with van der Waals surface area (Å²) in [4.78, 5) is 0.798. The maximum atomic E-state index is 13.4. The Morgan fingerprint density at radius 1 is 0.957 bits per heavy atom. The van der Waals surface area contributed by atoms with Crippen molar-refractivity contribution >= 4 is 21.4 Å². The summed E-state index contributed by atoms with van der Waals surface area (Å²) >= 11 is 1.07. The summed E-state index contributed by atoms with van der Waals surface area (Å²) in [5, 5.41) is 3.93. The molecule has 2 aromatic carbocycles. The van der Waals surface area contributed by atoms with Crippen LogP contribution in [0.5, 0.6) is 0 Å². The van der Waals surface area contributed by atoms with Crippen molar-refractivity contribution in [1.29, 1.82) is 0 Å². The second-order valence-corrected chi connectivity index (χ2v) is 7.68. The molecule has 8 heteroatoms. The minimum absolute atomic E-state index is 0.192. The number of benzene rings is 2. The van der Waals surface area contributed by atoms with Crippen LogP contribution in [-0.4, -0.2) is 24.3 Å². The van der Waals surface area contributed by atoms with Crippen LogP contribution in [0.25, 0.3) is 21.7 Å². The van der Waals surface area contributed by atoms with Crippen LogP contribution in [0.15, 0.2) is 47.4 Å². The van der Waals surface area contributed by atoms with Crippen LogP contribution < -0.4 is 0 Å². The Labute approximate surface area is 135 Å². The molecule has 0 spiro atoms. The first-order chi connectivity index (χ1) is 10.8. The first-order valence-corrected chi connectivity index (χ1v) is 9.10. The number of sulfone groups is 1. The second-order valence-electron chi connectivity index (χ2n) is 4.91. The highest BCUT2D eigenvalue weighted by molar-refractivity contribution is 7.90. The molecule has 3 aromatic rings. The van der Waals surface area contributed by atoms with Gasteiger partial charge in [-0.2, -0.15) is 0 Å². The summed E-state index contributed by atoms with van der Waals surface area (Å²) in [6, 6.07) is 9.31. The van der Waals surface area contributed by atoms with Gasteiger partial charge in [-0.05, 0) is 41.4 Å². The number of rotatable bonds is 3. The lowest BCUT2D eigenvalue weighted by molar-refractivity contribution is 0.584. The van der Waals surface area contributed by atoms with E-state index in [1.54, 1.807) is 12.1 Å². The van der Waals surface area contributed by atoms with Gasteiger partial charge in [0.25, 0.3) is 0 Å². The molecule has 0 amide bonds. The monoisotopic (exact) mass is 352 g/mol. The molecular formula is C15H10F2N2O2S2. The molecule has 0 aliphatic carbocycles. The first-order valence-electron chi connectivity index (χ1n) is 6.44. The van der Waals surface area contributed by atoms with Crippen molar-refractivity contribution in [2.75, 3.05) is 6.26 Å². The van der Waals surface area contributed by atoms with Gasteiger partial charge in [0, 0.05) is 17.9 Å². The molecule has 0 aliphatic heterocycles. The fraction of sp³-hybridized carbons (Fsp3) is 0.0667. The largest absolute Gasteiger partial charge is 0.224 e. The number of nitrogens with zero attached hydrogens (tertiary/aromatic N) is 2. The lowest BCUT2D eigenvalue weighted by atomic mass is 10.1. The molecule has 0 aliphatic rings. The molecular weight excluding hydrogens is 342 g/mol. The third-order valence-electron chi connectivity index (χ3n) is 3.17.